The van der Waals surface area contributed by atoms with Crippen LogP contribution in [0.15, 0.2) is 60.7 Å². The van der Waals surface area contributed by atoms with Gasteiger partial charge in [0.2, 0.25) is 0 Å². The number of nitrogens with one attached hydrogen (secondary N) is 1. The molecule has 0 spiro atoms. The fourth-order valence-corrected chi connectivity index (χ4v) is 3.77. The third kappa shape index (κ3) is 8.06. The van der Waals surface area contributed by atoms with Gasteiger partial charge in [-0.15, -0.1) is 0 Å². The van der Waals surface area contributed by atoms with Gasteiger partial charge in [-0.3, -0.25) is 0 Å². The van der Waals surface area contributed by atoms with Gasteiger partial charge in [-0.2, -0.15) is 0 Å². The number of carboxylic acids is 2. The maximum Gasteiger partial charge on any atom is 0.335 e. The lowest BCUT2D eigenvalue weighted by atomic mass is 9.96. The number of aryl methyl sites for hydroxylation is 2. The second kappa shape index (κ2) is 13.4. The summed E-state index contributed by atoms with van der Waals surface area (Å²) < 4.78 is 5.25. The molecule has 188 valence electrons. The average molecular weight is 484 g/mol. The maximum absolute atomic E-state index is 9.77. The van der Waals surface area contributed by atoms with Crippen molar-refractivity contribution in [1.29, 1.82) is 0 Å². The van der Waals surface area contributed by atoms with E-state index in [2.05, 4.69) is 60.8 Å². The van der Waals surface area contributed by atoms with E-state index in [1.807, 2.05) is 19.2 Å². The van der Waals surface area contributed by atoms with Crippen LogP contribution >= 0.6 is 0 Å². The fraction of sp³-hybridized carbons (Fsp3) is 0.333. The summed E-state index contributed by atoms with van der Waals surface area (Å²) in [5.74, 6) is -2.63. The molecule has 0 heterocycles. The molecule has 0 aromatic heterocycles. The molecule has 0 fully saturated rings. The van der Waals surface area contributed by atoms with Crippen LogP contribution in [-0.2, 0) is 16.0 Å². The van der Waals surface area contributed by atoms with Gasteiger partial charge in [0, 0.05) is 6.04 Å². The van der Waals surface area contributed by atoms with Gasteiger partial charge >= 0.3 is 11.9 Å². The molecule has 0 bridgehead atoms. The van der Waals surface area contributed by atoms with Gasteiger partial charge in [0.05, 0.1) is 7.11 Å². The van der Waals surface area contributed by atoms with Crippen molar-refractivity contribution in [2.24, 2.45) is 0 Å². The van der Waals surface area contributed by atoms with Gasteiger partial charge in [0.25, 0.3) is 0 Å². The molecule has 3 aromatic carbocycles. The van der Waals surface area contributed by atoms with Gasteiger partial charge in [0.1, 0.15) is 5.75 Å². The number of benzene rings is 3. The van der Waals surface area contributed by atoms with E-state index in [0.717, 1.165) is 25.0 Å². The number of fused-ring (bicyclic) bond motifs is 1. The number of aliphatic hydroxyl groups excluding tert-OH is 2. The molecule has 3 atom stereocenters. The second-order valence-electron chi connectivity index (χ2n) is 8.21. The average Bonchev–Trinajstić information content (AvgIpc) is 2.86. The number of methoxy groups -OCH3 is 1. The van der Waals surface area contributed by atoms with Crippen molar-refractivity contribution in [3.8, 4) is 5.75 Å². The minimum Gasteiger partial charge on any atom is -0.497 e. The summed E-state index contributed by atoms with van der Waals surface area (Å²) in [5, 5.41) is 38.7. The zero-order valence-electron chi connectivity index (χ0n) is 20.1. The highest BCUT2D eigenvalue weighted by Crippen LogP contribution is 2.25. The van der Waals surface area contributed by atoms with Crippen molar-refractivity contribution in [2.75, 3.05) is 14.2 Å². The smallest absolute Gasteiger partial charge is 0.335 e. The Kier molecular flexibility index (Phi) is 10.7. The number of aliphatic hydroxyl groups is 2. The van der Waals surface area contributed by atoms with Crippen molar-refractivity contribution in [2.45, 2.75) is 44.4 Å². The van der Waals surface area contributed by atoms with E-state index in [1.165, 1.54) is 27.5 Å². The number of carboxylic acid groups (broad SMARTS) is 2. The largest absolute Gasteiger partial charge is 0.497 e. The summed E-state index contributed by atoms with van der Waals surface area (Å²) in [6.45, 7) is 2.15. The lowest BCUT2D eigenvalue weighted by Gasteiger charge is -2.17. The molecule has 0 saturated heterocycles. The first-order chi connectivity index (χ1) is 16.7. The highest BCUT2D eigenvalue weighted by Gasteiger charge is 2.29. The number of carbonyl (C=O) groups is 2. The summed E-state index contributed by atoms with van der Waals surface area (Å²) in [7, 11) is 3.74. The lowest BCUT2D eigenvalue weighted by Crippen LogP contribution is -2.39. The number of hydrogen-bond acceptors (Lipinski definition) is 6. The number of hydrogen-bond donors (Lipinski definition) is 5. The Morgan fingerprint density at radius 2 is 1.57 bits per heavy atom. The van der Waals surface area contributed by atoms with E-state index >= 15 is 0 Å². The highest BCUT2D eigenvalue weighted by atomic mass is 16.5. The normalized spacial score (nSPS) is 13.3. The van der Waals surface area contributed by atoms with Gasteiger partial charge in [-0.05, 0) is 67.3 Å². The molecule has 0 radical (unpaired) electrons. The molecule has 0 aliphatic rings. The van der Waals surface area contributed by atoms with Crippen LogP contribution in [0, 0.1) is 6.92 Å². The molecular formula is C27H33NO7. The predicted octanol–water partition coefficient (Wildman–Crippen LogP) is 3.32. The molecule has 8 heteroatoms. The summed E-state index contributed by atoms with van der Waals surface area (Å²) in [4.78, 5) is 19.5. The zero-order valence-corrected chi connectivity index (χ0v) is 20.1. The Labute approximate surface area is 204 Å². The van der Waals surface area contributed by atoms with Crippen LogP contribution in [0.4, 0.5) is 0 Å². The number of ether oxygens (including phenoxy) is 1. The third-order valence-electron chi connectivity index (χ3n) is 5.74. The van der Waals surface area contributed by atoms with E-state index in [-0.39, 0.29) is 0 Å². The molecule has 0 saturated carbocycles. The molecular weight excluding hydrogens is 450 g/mol. The van der Waals surface area contributed by atoms with Crippen LogP contribution < -0.4 is 10.1 Å². The van der Waals surface area contributed by atoms with E-state index < -0.39 is 24.1 Å². The summed E-state index contributed by atoms with van der Waals surface area (Å²) in [6, 6.07) is 22.1. The van der Waals surface area contributed by atoms with E-state index in [0.29, 0.717) is 6.04 Å². The van der Waals surface area contributed by atoms with E-state index in [9.17, 15) is 9.59 Å². The van der Waals surface area contributed by atoms with Crippen molar-refractivity contribution in [3.05, 3.63) is 77.4 Å². The van der Waals surface area contributed by atoms with Gasteiger partial charge in [-0.1, -0.05) is 54.1 Å². The lowest BCUT2D eigenvalue weighted by molar-refractivity contribution is -0.165. The first-order valence-corrected chi connectivity index (χ1v) is 11.3. The molecule has 3 rings (SSSR count). The predicted molar refractivity (Wildman–Crippen MR) is 134 cm³/mol. The third-order valence-corrected chi connectivity index (χ3v) is 5.74. The zero-order chi connectivity index (χ0) is 26.0. The molecule has 3 unspecified atom stereocenters. The number of aliphatic carboxylic acids is 2. The second-order valence-corrected chi connectivity index (χ2v) is 8.21. The van der Waals surface area contributed by atoms with Crippen LogP contribution in [0.1, 0.15) is 35.6 Å². The topological polar surface area (TPSA) is 136 Å². The monoisotopic (exact) mass is 483 g/mol. The minimum atomic E-state index is -2.27. The van der Waals surface area contributed by atoms with Crippen molar-refractivity contribution < 1.29 is 34.8 Å². The molecule has 8 nitrogen and oxygen atoms in total. The Morgan fingerprint density at radius 1 is 0.943 bits per heavy atom. The minimum absolute atomic E-state index is 0.378. The first-order valence-electron chi connectivity index (χ1n) is 11.3. The van der Waals surface area contributed by atoms with E-state index in [1.54, 1.807) is 7.11 Å². The number of rotatable bonds is 10. The van der Waals surface area contributed by atoms with Crippen LogP contribution in [-0.4, -0.2) is 58.7 Å². The summed E-state index contributed by atoms with van der Waals surface area (Å²) in [5.41, 5.74) is 4.08. The Bertz CT molecular complexity index is 1100. The molecule has 3 aromatic rings. The SMILES string of the molecule is CNC(CCCc1cccc2cc(C)ccc12)c1ccc(OC)cc1.O=C(O)C(O)C(O)C(=O)O. The van der Waals surface area contributed by atoms with Gasteiger partial charge in [0.15, 0.2) is 12.2 Å². The molecule has 0 aliphatic heterocycles. The Morgan fingerprint density at radius 3 is 2.11 bits per heavy atom. The Balaban J connectivity index is 0.000000367. The molecule has 0 aliphatic carbocycles. The summed E-state index contributed by atoms with van der Waals surface area (Å²) in [6.07, 6.45) is -1.15. The van der Waals surface area contributed by atoms with Crippen LogP contribution in [0.5, 0.6) is 5.75 Å². The molecule has 35 heavy (non-hydrogen) atoms. The molecule has 5 N–H and O–H groups in total. The highest BCUT2D eigenvalue weighted by molar-refractivity contribution is 5.86. The fourth-order valence-electron chi connectivity index (χ4n) is 3.77. The molecule has 0 amide bonds. The van der Waals surface area contributed by atoms with Crippen LogP contribution in [0.25, 0.3) is 10.8 Å². The standard InChI is InChI=1S/C23H27NO.C4H6O6/c1-17-10-15-22-18(6-4-8-20(22)16-17)7-5-9-23(24-2)19-11-13-21(25-3)14-12-19;5-1(3(7)8)2(6)4(9)10/h4,6,8,10-16,23-24H,5,7,9H2,1-3H3;1-2,5-6H,(H,7,8)(H,9,10). The van der Waals surface area contributed by atoms with Crippen LogP contribution in [0.2, 0.25) is 0 Å². The Hall–Kier alpha value is -3.46. The quantitative estimate of drug-likeness (QED) is 0.296. The van der Waals surface area contributed by atoms with E-state index in [4.69, 9.17) is 25.2 Å². The van der Waals surface area contributed by atoms with Gasteiger partial charge < -0.3 is 30.5 Å². The maximum atomic E-state index is 9.77. The van der Waals surface area contributed by atoms with Crippen molar-refractivity contribution in [3.63, 3.8) is 0 Å². The summed E-state index contributed by atoms with van der Waals surface area (Å²) >= 11 is 0. The van der Waals surface area contributed by atoms with Crippen molar-refractivity contribution in [1.82, 2.24) is 5.32 Å². The first kappa shape index (κ1) is 27.8. The van der Waals surface area contributed by atoms with Gasteiger partial charge in [-0.25, -0.2) is 9.59 Å². The van der Waals surface area contributed by atoms with Crippen LogP contribution in [0.3, 0.4) is 0 Å². The van der Waals surface area contributed by atoms with Crippen molar-refractivity contribution >= 4 is 22.7 Å².